The van der Waals surface area contributed by atoms with Crippen LogP contribution < -0.4 is 0 Å². The predicted molar refractivity (Wildman–Crippen MR) is 48.6 cm³/mol. The van der Waals surface area contributed by atoms with Crippen molar-refractivity contribution in [3.63, 3.8) is 0 Å². The summed E-state index contributed by atoms with van der Waals surface area (Å²) in [6.45, 7) is 6.02. The Morgan fingerprint density at radius 1 is 1.54 bits per heavy atom. The lowest BCUT2D eigenvalue weighted by atomic mass is 10.3. The molecular weight excluding hydrogens is 168 g/mol. The van der Waals surface area contributed by atoms with Crippen molar-refractivity contribution in [3.05, 3.63) is 30.4 Å². The molecule has 0 aliphatic carbocycles. The van der Waals surface area contributed by atoms with Gasteiger partial charge >= 0.3 is 0 Å². The number of ether oxygens (including phenoxy) is 1. The van der Waals surface area contributed by atoms with E-state index in [1.807, 2.05) is 6.92 Å². The zero-order chi connectivity index (χ0) is 9.68. The molecule has 1 rings (SSSR count). The lowest BCUT2D eigenvalue weighted by Crippen LogP contribution is -1.98. The van der Waals surface area contributed by atoms with Crippen molar-refractivity contribution in [3.8, 4) is 0 Å². The van der Waals surface area contributed by atoms with E-state index in [2.05, 4.69) is 16.5 Å². The van der Waals surface area contributed by atoms with E-state index in [1.54, 1.807) is 12.4 Å². The molecule has 4 nitrogen and oxygen atoms in total. The Labute approximate surface area is 76.9 Å². The maximum absolute atomic E-state index is 8.74. The van der Waals surface area contributed by atoms with Crippen molar-refractivity contribution < 1.29 is 9.84 Å². The highest BCUT2D eigenvalue weighted by atomic mass is 16.5. The first kappa shape index (κ1) is 9.67. The van der Waals surface area contributed by atoms with Crippen molar-refractivity contribution in [2.24, 2.45) is 0 Å². The molecule has 0 unspecified atom stereocenters. The normalized spacial score (nSPS) is 9.69. The smallest absolute Gasteiger partial charge is 0.194 e. The van der Waals surface area contributed by atoms with Gasteiger partial charge in [-0.1, -0.05) is 6.58 Å². The summed E-state index contributed by atoms with van der Waals surface area (Å²) in [7, 11) is 0. The highest BCUT2D eigenvalue weighted by molar-refractivity contribution is 5.48. The minimum Gasteiger partial charge on any atom is -0.491 e. The first-order valence-corrected chi connectivity index (χ1v) is 4.01. The quantitative estimate of drug-likeness (QED) is 0.701. The zero-order valence-corrected chi connectivity index (χ0v) is 7.53. The van der Waals surface area contributed by atoms with Gasteiger partial charge in [0, 0.05) is 18.0 Å². The molecule has 0 aromatic carbocycles. The highest BCUT2D eigenvalue weighted by Gasteiger charge is 2.01. The molecule has 1 aromatic rings. The van der Waals surface area contributed by atoms with E-state index in [-0.39, 0.29) is 6.61 Å². The van der Waals surface area contributed by atoms with E-state index in [0.717, 1.165) is 0 Å². The van der Waals surface area contributed by atoms with E-state index >= 15 is 0 Å². The summed E-state index contributed by atoms with van der Waals surface area (Å²) >= 11 is 0. The molecule has 0 bridgehead atoms. The first-order valence-electron chi connectivity index (χ1n) is 4.01. The Balaban J connectivity index is 2.74. The molecule has 0 fully saturated rings. The maximum Gasteiger partial charge on any atom is 0.194 e. The van der Waals surface area contributed by atoms with Crippen molar-refractivity contribution in [2.75, 3.05) is 6.61 Å². The molecule has 1 N–H and O–H groups in total. The van der Waals surface area contributed by atoms with Crippen molar-refractivity contribution >= 4 is 5.76 Å². The van der Waals surface area contributed by atoms with Gasteiger partial charge in [0.25, 0.3) is 0 Å². The molecule has 0 aliphatic rings. The Morgan fingerprint density at radius 3 is 2.62 bits per heavy atom. The molecule has 1 heterocycles. The van der Waals surface area contributed by atoms with Crippen LogP contribution in [0.5, 0.6) is 0 Å². The molecule has 70 valence electrons. The van der Waals surface area contributed by atoms with Crippen LogP contribution in [0.3, 0.4) is 0 Å². The van der Waals surface area contributed by atoms with Crippen molar-refractivity contribution in [2.45, 2.75) is 13.5 Å². The number of aliphatic hydroxyl groups excluding tert-OH is 1. The zero-order valence-electron chi connectivity index (χ0n) is 7.53. The van der Waals surface area contributed by atoms with E-state index in [0.29, 0.717) is 23.8 Å². The fourth-order valence-corrected chi connectivity index (χ4v) is 0.819. The Bertz CT molecular complexity index is 282. The number of aliphatic hydroxyl groups is 1. The van der Waals surface area contributed by atoms with Gasteiger partial charge in [-0.25, -0.2) is 9.97 Å². The lowest BCUT2D eigenvalue weighted by Gasteiger charge is -2.04. The predicted octanol–water partition coefficient (Wildman–Crippen LogP) is 0.976. The summed E-state index contributed by atoms with van der Waals surface area (Å²) in [4.78, 5) is 7.94. The molecule has 4 heteroatoms. The second-order valence-electron chi connectivity index (χ2n) is 2.43. The lowest BCUT2D eigenvalue weighted by molar-refractivity contribution is 0.280. The summed E-state index contributed by atoms with van der Waals surface area (Å²) in [5.74, 6) is 0.908. The average Bonchev–Trinajstić information content (AvgIpc) is 2.18. The molecule has 1 aromatic heterocycles. The van der Waals surface area contributed by atoms with Crippen LogP contribution in [0.15, 0.2) is 19.0 Å². The standard InChI is InChI=1S/C9H12N2O2/c1-3-13-7(2)9-10-4-8(6-12)5-11-9/h4-5,12H,2-3,6H2,1H3. The van der Waals surface area contributed by atoms with Crippen LogP contribution in [-0.2, 0) is 11.3 Å². The number of hydrogen-bond donors (Lipinski definition) is 1. The molecule has 13 heavy (non-hydrogen) atoms. The molecule has 0 radical (unpaired) electrons. The number of rotatable bonds is 4. The van der Waals surface area contributed by atoms with Gasteiger partial charge in [-0.15, -0.1) is 0 Å². The molecular formula is C9H12N2O2. The number of nitrogens with zero attached hydrogens (tertiary/aromatic N) is 2. The van der Waals surface area contributed by atoms with Crippen LogP contribution in [0.2, 0.25) is 0 Å². The molecule has 0 aliphatic heterocycles. The van der Waals surface area contributed by atoms with Crippen LogP contribution in [0.4, 0.5) is 0 Å². The Hall–Kier alpha value is -1.42. The van der Waals surface area contributed by atoms with Crippen LogP contribution >= 0.6 is 0 Å². The maximum atomic E-state index is 8.74. The van der Waals surface area contributed by atoms with Crippen LogP contribution in [0.25, 0.3) is 5.76 Å². The van der Waals surface area contributed by atoms with Gasteiger partial charge in [0.05, 0.1) is 13.2 Å². The van der Waals surface area contributed by atoms with Gasteiger partial charge in [-0.2, -0.15) is 0 Å². The minimum absolute atomic E-state index is 0.0542. The average molecular weight is 180 g/mol. The molecule has 0 saturated heterocycles. The molecule has 0 amide bonds. The second-order valence-corrected chi connectivity index (χ2v) is 2.43. The van der Waals surface area contributed by atoms with Gasteiger partial charge in [0.1, 0.15) is 0 Å². The third-order valence-corrected chi connectivity index (χ3v) is 1.46. The Kier molecular flexibility index (Phi) is 3.40. The summed E-state index contributed by atoms with van der Waals surface area (Å²) < 4.78 is 5.12. The highest BCUT2D eigenvalue weighted by Crippen LogP contribution is 2.07. The SMILES string of the molecule is C=C(OCC)c1ncc(CO)cn1. The van der Waals surface area contributed by atoms with Gasteiger partial charge in [0.15, 0.2) is 11.6 Å². The minimum atomic E-state index is -0.0542. The molecule has 0 atom stereocenters. The van der Waals surface area contributed by atoms with Gasteiger partial charge in [0.2, 0.25) is 0 Å². The topological polar surface area (TPSA) is 55.2 Å². The largest absolute Gasteiger partial charge is 0.491 e. The summed E-state index contributed by atoms with van der Waals surface area (Å²) in [5, 5.41) is 8.74. The third kappa shape index (κ3) is 2.52. The third-order valence-electron chi connectivity index (χ3n) is 1.46. The first-order chi connectivity index (χ1) is 6.27. The van der Waals surface area contributed by atoms with Gasteiger partial charge in [-0.3, -0.25) is 0 Å². The number of aromatic nitrogens is 2. The van der Waals surface area contributed by atoms with E-state index in [9.17, 15) is 0 Å². The molecule has 0 saturated carbocycles. The van der Waals surface area contributed by atoms with Gasteiger partial charge in [-0.05, 0) is 6.92 Å². The van der Waals surface area contributed by atoms with Crippen molar-refractivity contribution in [1.82, 2.24) is 9.97 Å². The Morgan fingerprint density at radius 2 is 2.15 bits per heavy atom. The monoisotopic (exact) mass is 180 g/mol. The van der Waals surface area contributed by atoms with Crippen molar-refractivity contribution in [1.29, 1.82) is 0 Å². The van der Waals surface area contributed by atoms with E-state index in [1.165, 1.54) is 0 Å². The van der Waals surface area contributed by atoms with Crippen LogP contribution in [0, 0.1) is 0 Å². The van der Waals surface area contributed by atoms with E-state index < -0.39 is 0 Å². The fourth-order valence-electron chi connectivity index (χ4n) is 0.819. The fraction of sp³-hybridized carbons (Fsp3) is 0.333. The van der Waals surface area contributed by atoms with Crippen LogP contribution in [0.1, 0.15) is 18.3 Å². The molecule has 0 spiro atoms. The summed E-state index contributed by atoms with van der Waals surface area (Å²) in [6.07, 6.45) is 3.10. The summed E-state index contributed by atoms with van der Waals surface area (Å²) in [5.41, 5.74) is 0.674. The number of hydrogen-bond acceptors (Lipinski definition) is 4. The van der Waals surface area contributed by atoms with E-state index in [4.69, 9.17) is 9.84 Å². The second kappa shape index (κ2) is 4.57. The van der Waals surface area contributed by atoms with Gasteiger partial charge < -0.3 is 9.84 Å². The van der Waals surface area contributed by atoms with Crippen LogP contribution in [-0.4, -0.2) is 21.7 Å². The summed E-state index contributed by atoms with van der Waals surface area (Å²) in [6, 6.07) is 0.